The van der Waals surface area contributed by atoms with Gasteiger partial charge in [0, 0.05) is 42.8 Å². The second kappa shape index (κ2) is 8.48. The van der Waals surface area contributed by atoms with E-state index in [1.54, 1.807) is 12.1 Å². The summed E-state index contributed by atoms with van der Waals surface area (Å²) in [5, 5.41) is 14.6. The number of anilines is 1. The number of hydrogen-bond donors (Lipinski definition) is 2. The van der Waals surface area contributed by atoms with Gasteiger partial charge in [-0.05, 0) is 49.1 Å². The first kappa shape index (κ1) is 19.8. The normalized spacial score (nSPS) is 16.6. The molecule has 3 heterocycles. The molecule has 8 nitrogen and oxygen atoms in total. The minimum Gasteiger partial charge on any atom is -0.361 e. The molecule has 0 unspecified atom stereocenters. The molecular formula is C21H22FN5O3. The van der Waals surface area contributed by atoms with Crippen molar-refractivity contribution in [1.82, 2.24) is 15.3 Å². The summed E-state index contributed by atoms with van der Waals surface area (Å²) in [6, 6.07) is 7.67. The van der Waals surface area contributed by atoms with E-state index in [9.17, 15) is 19.3 Å². The van der Waals surface area contributed by atoms with Crippen LogP contribution in [-0.2, 0) is 11.2 Å². The SMILES string of the molecule is O=C(NCCc1c[nH]c2ccc(F)cc12)[C@@H]1CCCN(c2ccc([N+](=O)[O-])cn2)C1. The monoisotopic (exact) mass is 411 g/mol. The van der Waals surface area contributed by atoms with Crippen LogP contribution in [0.5, 0.6) is 0 Å². The fourth-order valence-corrected chi connectivity index (χ4v) is 3.89. The van der Waals surface area contributed by atoms with Crippen molar-refractivity contribution in [3.05, 3.63) is 64.2 Å². The quantitative estimate of drug-likeness (QED) is 0.479. The van der Waals surface area contributed by atoms with E-state index >= 15 is 0 Å². The maximum atomic E-state index is 13.5. The number of H-pyrrole nitrogens is 1. The number of hydrogen-bond acceptors (Lipinski definition) is 5. The maximum Gasteiger partial charge on any atom is 0.287 e. The van der Waals surface area contributed by atoms with Crippen molar-refractivity contribution in [2.75, 3.05) is 24.5 Å². The van der Waals surface area contributed by atoms with Gasteiger partial charge >= 0.3 is 0 Å². The summed E-state index contributed by atoms with van der Waals surface area (Å²) in [6.45, 7) is 1.75. The Labute approximate surface area is 172 Å². The van der Waals surface area contributed by atoms with Gasteiger partial charge in [-0.1, -0.05) is 0 Å². The van der Waals surface area contributed by atoms with E-state index in [0.29, 0.717) is 25.3 Å². The van der Waals surface area contributed by atoms with Crippen molar-refractivity contribution in [3.63, 3.8) is 0 Å². The van der Waals surface area contributed by atoms with Gasteiger partial charge in [-0.15, -0.1) is 0 Å². The number of carbonyl (C=O) groups excluding carboxylic acids is 1. The maximum absolute atomic E-state index is 13.5. The second-order valence-corrected chi connectivity index (χ2v) is 7.46. The lowest BCUT2D eigenvalue weighted by molar-refractivity contribution is -0.385. The number of carbonyl (C=O) groups is 1. The van der Waals surface area contributed by atoms with Crippen molar-refractivity contribution in [2.24, 2.45) is 5.92 Å². The molecule has 0 spiro atoms. The number of aromatic nitrogens is 2. The lowest BCUT2D eigenvalue weighted by Crippen LogP contribution is -2.43. The van der Waals surface area contributed by atoms with Crippen LogP contribution in [0.4, 0.5) is 15.9 Å². The van der Waals surface area contributed by atoms with Crippen molar-refractivity contribution in [3.8, 4) is 0 Å². The predicted molar refractivity (Wildman–Crippen MR) is 111 cm³/mol. The highest BCUT2D eigenvalue weighted by atomic mass is 19.1. The molecule has 1 aliphatic heterocycles. The Hall–Kier alpha value is -3.49. The number of fused-ring (bicyclic) bond motifs is 1. The van der Waals surface area contributed by atoms with Gasteiger partial charge in [-0.3, -0.25) is 14.9 Å². The van der Waals surface area contributed by atoms with Gasteiger partial charge in [0.1, 0.15) is 17.8 Å². The lowest BCUT2D eigenvalue weighted by Gasteiger charge is -2.32. The van der Waals surface area contributed by atoms with Gasteiger partial charge in [0.2, 0.25) is 5.91 Å². The summed E-state index contributed by atoms with van der Waals surface area (Å²) in [6.07, 6.45) is 5.32. The number of nitrogens with one attached hydrogen (secondary N) is 2. The molecule has 1 saturated heterocycles. The number of pyridine rings is 1. The Morgan fingerprint density at radius 1 is 1.37 bits per heavy atom. The number of benzene rings is 1. The van der Waals surface area contributed by atoms with Crippen LogP contribution < -0.4 is 10.2 Å². The number of nitrogens with zero attached hydrogens (tertiary/aromatic N) is 3. The summed E-state index contributed by atoms with van der Waals surface area (Å²) in [5.74, 6) is 0.164. The number of rotatable bonds is 6. The standard InChI is InChI=1S/C21H22FN5O3/c22-16-3-5-19-18(10-16)14(11-24-19)7-8-23-21(28)15-2-1-9-26(13-15)20-6-4-17(12-25-20)27(29)30/h3-6,10-12,15,24H,1-2,7-9,13H2,(H,23,28)/t15-/m1/s1. The van der Waals surface area contributed by atoms with E-state index in [2.05, 4.69) is 15.3 Å². The molecule has 0 aliphatic carbocycles. The van der Waals surface area contributed by atoms with Crippen LogP contribution in [-0.4, -0.2) is 40.4 Å². The molecule has 30 heavy (non-hydrogen) atoms. The number of piperidine rings is 1. The zero-order chi connectivity index (χ0) is 21.1. The zero-order valence-electron chi connectivity index (χ0n) is 16.3. The molecule has 1 amide bonds. The molecule has 0 radical (unpaired) electrons. The number of halogens is 1. The van der Waals surface area contributed by atoms with E-state index in [4.69, 9.17) is 0 Å². The van der Waals surface area contributed by atoms with Crippen LogP contribution in [0.1, 0.15) is 18.4 Å². The first-order valence-corrected chi connectivity index (χ1v) is 9.90. The van der Waals surface area contributed by atoms with Crippen molar-refractivity contribution in [1.29, 1.82) is 0 Å². The van der Waals surface area contributed by atoms with Gasteiger partial charge in [0.25, 0.3) is 5.69 Å². The molecule has 156 valence electrons. The average Bonchev–Trinajstić information content (AvgIpc) is 3.16. The van der Waals surface area contributed by atoms with E-state index in [-0.39, 0.29) is 23.3 Å². The fraction of sp³-hybridized carbons (Fsp3) is 0.333. The van der Waals surface area contributed by atoms with Crippen LogP contribution in [0.3, 0.4) is 0 Å². The third-order valence-electron chi connectivity index (χ3n) is 5.48. The third kappa shape index (κ3) is 4.24. The Balaban J connectivity index is 1.33. The van der Waals surface area contributed by atoms with Crippen molar-refractivity contribution < 1.29 is 14.1 Å². The summed E-state index contributed by atoms with van der Waals surface area (Å²) in [5.41, 5.74) is 1.78. The van der Waals surface area contributed by atoms with Crippen molar-refractivity contribution in [2.45, 2.75) is 19.3 Å². The molecule has 2 N–H and O–H groups in total. The minimum absolute atomic E-state index is 0.0207. The number of nitro groups is 1. The molecule has 3 aromatic rings. The van der Waals surface area contributed by atoms with Crippen molar-refractivity contribution >= 4 is 28.3 Å². The Bertz CT molecular complexity index is 1070. The predicted octanol–water partition coefficient (Wildman–Crippen LogP) is 3.19. The number of aromatic amines is 1. The van der Waals surface area contributed by atoms with Gasteiger partial charge in [-0.25, -0.2) is 9.37 Å². The van der Waals surface area contributed by atoms with Gasteiger partial charge < -0.3 is 15.2 Å². The summed E-state index contributed by atoms with van der Waals surface area (Å²) in [7, 11) is 0. The molecule has 1 fully saturated rings. The molecule has 9 heteroatoms. The smallest absolute Gasteiger partial charge is 0.287 e. The van der Waals surface area contributed by atoms with Crippen LogP contribution in [0, 0.1) is 21.8 Å². The summed E-state index contributed by atoms with van der Waals surface area (Å²) in [4.78, 5) is 32.2. The third-order valence-corrected chi connectivity index (χ3v) is 5.48. The van der Waals surface area contributed by atoms with Crippen LogP contribution in [0.2, 0.25) is 0 Å². The van der Waals surface area contributed by atoms with E-state index < -0.39 is 4.92 Å². The lowest BCUT2D eigenvalue weighted by atomic mass is 9.97. The van der Waals surface area contributed by atoms with E-state index in [1.807, 2.05) is 11.1 Å². The molecule has 0 bridgehead atoms. The first-order valence-electron chi connectivity index (χ1n) is 9.90. The van der Waals surface area contributed by atoms with E-state index in [0.717, 1.165) is 35.9 Å². The molecule has 4 rings (SSSR count). The molecular weight excluding hydrogens is 389 g/mol. The molecule has 1 aromatic carbocycles. The van der Waals surface area contributed by atoms with Crippen LogP contribution >= 0.6 is 0 Å². The Morgan fingerprint density at radius 3 is 3.00 bits per heavy atom. The molecule has 1 atom stereocenters. The average molecular weight is 411 g/mol. The highest BCUT2D eigenvalue weighted by Gasteiger charge is 2.26. The summed E-state index contributed by atoms with van der Waals surface area (Å²) < 4.78 is 13.5. The fourth-order valence-electron chi connectivity index (χ4n) is 3.89. The van der Waals surface area contributed by atoms with Crippen LogP contribution in [0.15, 0.2) is 42.7 Å². The highest BCUT2D eigenvalue weighted by molar-refractivity contribution is 5.83. The van der Waals surface area contributed by atoms with Gasteiger partial charge in [0.15, 0.2) is 0 Å². The number of amides is 1. The van der Waals surface area contributed by atoms with Crippen LogP contribution in [0.25, 0.3) is 10.9 Å². The Kier molecular flexibility index (Phi) is 5.60. The van der Waals surface area contributed by atoms with E-state index in [1.165, 1.54) is 24.4 Å². The highest BCUT2D eigenvalue weighted by Crippen LogP contribution is 2.23. The Morgan fingerprint density at radius 2 is 2.23 bits per heavy atom. The van der Waals surface area contributed by atoms with Gasteiger partial charge in [-0.2, -0.15) is 0 Å². The topological polar surface area (TPSA) is 104 Å². The minimum atomic E-state index is -0.481. The molecule has 2 aromatic heterocycles. The van der Waals surface area contributed by atoms with Gasteiger partial charge in [0.05, 0.1) is 10.8 Å². The summed E-state index contributed by atoms with van der Waals surface area (Å²) >= 11 is 0. The molecule has 1 aliphatic rings. The second-order valence-electron chi connectivity index (χ2n) is 7.46. The molecule has 0 saturated carbocycles. The first-order chi connectivity index (χ1) is 14.5. The largest absolute Gasteiger partial charge is 0.361 e. The zero-order valence-corrected chi connectivity index (χ0v) is 16.3.